The summed E-state index contributed by atoms with van der Waals surface area (Å²) in [5, 5.41) is 18.3. The summed E-state index contributed by atoms with van der Waals surface area (Å²) < 4.78 is 0. The largest absolute Gasteiger partial charge is 0.507 e. The number of phenols is 1. The molecule has 2 nitrogen and oxygen atoms in total. The van der Waals surface area contributed by atoms with Crippen LogP contribution in [0.5, 0.6) is 5.75 Å². The Morgan fingerprint density at radius 1 is 1.05 bits per heavy atom. The third-order valence-corrected chi connectivity index (χ3v) is 3.41. The van der Waals surface area contributed by atoms with E-state index in [1.54, 1.807) is 6.07 Å². The molecule has 20 heavy (non-hydrogen) atoms. The van der Waals surface area contributed by atoms with Crippen molar-refractivity contribution >= 4 is 5.71 Å². The van der Waals surface area contributed by atoms with Gasteiger partial charge < -0.3 is 10.5 Å². The average molecular weight is 267 g/mol. The van der Waals surface area contributed by atoms with E-state index in [9.17, 15) is 5.11 Å². The lowest BCUT2D eigenvalue weighted by molar-refractivity contribution is 0.472. The molecule has 0 aliphatic rings. The lowest BCUT2D eigenvalue weighted by Gasteiger charge is -2.20. The van der Waals surface area contributed by atoms with Crippen molar-refractivity contribution in [3.05, 3.63) is 65.2 Å². The highest BCUT2D eigenvalue weighted by atomic mass is 16.3. The quantitative estimate of drug-likeness (QED) is 0.800. The minimum atomic E-state index is 0.00940. The molecular weight excluding hydrogens is 246 g/mol. The maximum absolute atomic E-state index is 10.0. The fraction of sp³-hybridized carbons (Fsp3) is 0.278. The van der Waals surface area contributed by atoms with Crippen LogP contribution >= 0.6 is 0 Å². The second-order valence-corrected chi connectivity index (χ2v) is 6.12. The van der Waals surface area contributed by atoms with E-state index in [1.165, 1.54) is 0 Å². The first-order chi connectivity index (χ1) is 9.38. The fourth-order valence-electron chi connectivity index (χ4n) is 2.14. The van der Waals surface area contributed by atoms with Crippen molar-refractivity contribution in [3.8, 4) is 5.75 Å². The number of phenolic OH excluding ortho intramolecular Hbond substituents is 1. The minimum Gasteiger partial charge on any atom is -0.507 e. The molecule has 104 valence electrons. The highest BCUT2D eigenvalue weighted by Crippen LogP contribution is 2.28. The SMILES string of the molecule is CC(C)(C)c1ccc(O)c(C(=N)Cc2ccccc2)c1. The first-order valence-corrected chi connectivity index (χ1v) is 6.83. The van der Waals surface area contributed by atoms with Gasteiger partial charge in [-0.25, -0.2) is 0 Å². The zero-order valence-corrected chi connectivity index (χ0v) is 12.3. The van der Waals surface area contributed by atoms with Crippen molar-refractivity contribution in [2.75, 3.05) is 0 Å². The van der Waals surface area contributed by atoms with Gasteiger partial charge in [0.1, 0.15) is 5.75 Å². The molecule has 0 aromatic heterocycles. The summed E-state index contributed by atoms with van der Waals surface area (Å²) >= 11 is 0. The lowest BCUT2D eigenvalue weighted by Crippen LogP contribution is -2.13. The molecule has 2 aromatic carbocycles. The van der Waals surface area contributed by atoms with Gasteiger partial charge in [0.2, 0.25) is 0 Å². The monoisotopic (exact) mass is 267 g/mol. The maximum atomic E-state index is 10.0. The summed E-state index contributed by atoms with van der Waals surface area (Å²) in [6.45, 7) is 6.39. The van der Waals surface area contributed by atoms with E-state index in [1.807, 2.05) is 42.5 Å². The maximum Gasteiger partial charge on any atom is 0.124 e. The van der Waals surface area contributed by atoms with Crippen LogP contribution in [-0.2, 0) is 11.8 Å². The molecule has 0 saturated heterocycles. The first kappa shape index (κ1) is 14.3. The standard InChI is InChI=1S/C18H21NO/c1-18(2,3)14-9-10-17(20)15(12-14)16(19)11-13-7-5-4-6-8-13/h4-10,12,19-20H,11H2,1-3H3. The van der Waals surface area contributed by atoms with Crippen LogP contribution < -0.4 is 0 Å². The molecule has 2 heteroatoms. The number of rotatable bonds is 3. The third kappa shape index (κ3) is 3.27. The molecule has 0 heterocycles. The van der Waals surface area contributed by atoms with Crippen molar-refractivity contribution in [3.63, 3.8) is 0 Å². The average Bonchev–Trinajstić information content (AvgIpc) is 2.39. The zero-order chi connectivity index (χ0) is 14.8. The molecule has 0 spiro atoms. The topological polar surface area (TPSA) is 44.1 Å². The van der Waals surface area contributed by atoms with E-state index in [4.69, 9.17) is 5.41 Å². The van der Waals surface area contributed by atoms with Crippen LogP contribution in [0.3, 0.4) is 0 Å². The number of aromatic hydroxyl groups is 1. The van der Waals surface area contributed by atoms with E-state index >= 15 is 0 Å². The van der Waals surface area contributed by atoms with Crippen molar-refractivity contribution < 1.29 is 5.11 Å². The Morgan fingerprint density at radius 3 is 2.30 bits per heavy atom. The summed E-state index contributed by atoms with van der Waals surface area (Å²) in [4.78, 5) is 0. The van der Waals surface area contributed by atoms with E-state index in [0.29, 0.717) is 17.7 Å². The van der Waals surface area contributed by atoms with Crippen LogP contribution in [0.15, 0.2) is 48.5 Å². The van der Waals surface area contributed by atoms with Crippen LogP contribution in [0.2, 0.25) is 0 Å². The van der Waals surface area contributed by atoms with Crippen LogP contribution in [0, 0.1) is 5.41 Å². The highest BCUT2D eigenvalue weighted by molar-refractivity contribution is 6.02. The molecular formula is C18H21NO. The van der Waals surface area contributed by atoms with Gasteiger partial charge in [-0.15, -0.1) is 0 Å². The van der Waals surface area contributed by atoms with Crippen LogP contribution in [0.1, 0.15) is 37.5 Å². The molecule has 0 bridgehead atoms. The molecule has 2 aromatic rings. The van der Waals surface area contributed by atoms with Crippen molar-refractivity contribution in [1.29, 1.82) is 5.41 Å². The van der Waals surface area contributed by atoms with Gasteiger partial charge in [-0.1, -0.05) is 57.2 Å². The van der Waals surface area contributed by atoms with Gasteiger partial charge >= 0.3 is 0 Å². The summed E-state index contributed by atoms with van der Waals surface area (Å²) in [5.74, 6) is 0.180. The Morgan fingerprint density at radius 2 is 1.70 bits per heavy atom. The Labute approximate surface area is 120 Å². The minimum absolute atomic E-state index is 0.00940. The Balaban J connectivity index is 2.30. The summed E-state index contributed by atoms with van der Waals surface area (Å²) in [6, 6.07) is 15.4. The molecule has 0 fully saturated rings. The van der Waals surface area contributed by atoms with Crippen molar-refractivity contribution in [1.82, 2.24) is 0 Å². The van der Waals surface area contributed by atoms with Gasteiger partial charge in [0, 0.05) is 17.7 Å². The fourth-order valence-corrected chi connectivity index (χ4v) is 2.14. The van der Waals surface area contributed by atoms with Gasteiger partial charge in [-0.3, -0.25) is 0 Å². The molecule has 0 amide bonds. The summed E-state index contributed by atoms with van der Waals surface area (Å²) in [5.41, 5.74) is 3.29. The normalized spacial score (nSPS) is 11.3. The van der Waals surface area contributed by atoms with Gasteiger partial charge in [-0.05, 0) is 28.7 Å². The number of hydrogen-bond donors (Lipinski definition) is 2. The van der Waals surface area contributed by atoms with Gasteiger partial charge in [0.15, 0.2) is 0 Å². The highest BCUT2D eigenvalue weighted by Gasteiger charge is 2.17. The van der Waals surface area contributed by atoms with Crippen molar-refractivity contribution in [2.24, 2.45) is 0 Å². The number of nitrogens with one attached hydrogen (secondary N) is 1. The molecule has 2 rings (SSSR count). The smallest absolute Gasteiger partial charge is 0.124 e. The van der Waals surface area contributed by atoms with E-state index in [2.05, 4.69) is 20.8 Å². The Hall–Kier alpha value is -2.09. The molecule has 2 N–H and O–H groups in total. The van der Waals surface area contributed by atoms with Crippen LogP contribution in [0.4, 0.5) is 0 Å². The van der Waals surface area contributed by atoms with Crippen molar-refractivity contribution in [2.45, 2.75) is 32.6 Å². The summed E-state index contributed by atoms with van der Waals surface area (Å²) in [6.07, 6.45) is 0.530. The third-order valence-electron chi connectivity index (χ3n) is 3.41. The van der Waals surface area contributed by atoms with Gasteiger partial charge in [-0.2, -0.15) is 0 Å². The second-order valence-electron chi connectivity index (χ2n) is 6.12. The molecule has 0 saturated carbocycles. The number of benzene rings is 2. The van der Waals surface area contributed by atoms with Crippen LogP contribution in [-0.4, -0.2) is 10.8 Å². The zero-order valence-electron chi connectivity index (χ0n) is 12.3. The molecule has 0 aliphatic carbocycles. The van der Waals surface area contributed by atoms with Crippen LogP contribution in [0.25, 0.3) is 0 Å². The molecule has 0 aliphatic heterocycles. The lowest BCUT2D eigenvalue weighted by atomic mass is 9.85. The first-order valence-electron chi connectivity index (χ1n) is 6.83. The van der Waals surface area contributed by atoms with Gasteiger partial charge in [0.25, 0.3) is 0 Å². The Kier molecular flexibility index (Phi) is 3.93. The summed E-state index contributed by atoms with van der Waals surface area (Å²) in [7, 11) is 0. The number of hydrogen-bond acceptors (Lipinski definition) is 2. The second kappa shape index (κ2) is 5.49. The Bertz CT molecular complexity index is 609. The molecule has 0 unspecified atom stereocenters. The van der Waals surface area contributed by atoms with E-state index < -0.39 is 0 Å². The van der Waals surface area contributed by atoms with Gasteiger partial charge in [0.05, 0.1) is 0 Å². The van der Waals surface area contributed by atoms with E-state index in [-0.39, 0.29) is 11.2 Å². The predicted molar refractivity (Wildman–Crippen MR) is 83.8 cm³/mol. The van der Waals surface area contributed by atoms with E-state index in [0.717, 1.165) is 11.1 Å². The molecule has 0 atom stereocenters. The molecule has 0 radical (unpaired) electrons. The predicted octanol–water partition coefficient (Wildman–Crippen LogP) is 4.30.